The molecule has 20 heavy (non-hydrogen) atoms. The first-order valence-corrected chi connectivity index (χ1v) is 7.21. The zero-order valence-electron chi connectivity index (χ0n) is 12.8. The number of rotatable bonds is 3. The molecular weight excluding hydrogens is 266 g/mol. The largest absolute Gasteiger partial charge is 0.444 e. The van der Waals surface area contributed by atoms with Crippen LogP contribution >= 0.6 is 0 Å². The normalized spacial score (nSPS) is 22.6. The minimum Gasteiger partial charge on any atom is -0.444 e. The van der Waals surface area contributed by atoms with Gasteiger partial charge in [0.15, 0.2) is 0 Å². The SMILES string of the molecule is CC(NC1CCCN(C(=O)OC(C)(C)C)CC1)C(F)F. The van der Waals surface area contributed by atoms with Crippen LogP contribution in [0.25, 0.3) is 0 Å². The van der Waals surface area contributed by atoms with Gasteiger partial charge in [0.1, 0.15) is 5.60 Å². The van der Waals surface area contributed by atoms with Crippen LogP contribution in [0, 0.1) is 0 Å². The molecule has 0 spiro atoms. The second kappa shape index (κ2) is 7.20. The number of carbonyl (C=O) groups is 1. The summed E-state index contributed by atoms with van der Waals surface area (Å²) >= 11 is 0. The van der Waals surface area contributed by atoms with Gasteiger partial charge >= 0.3 is 6.09 Å². The van der Waals surface area contributed by atoms with Crippen LogP contribution in [0.15, 0.2) is 0 Å². The zero-order chi connectivity index (χ0) is 15.3. The molecule has 0 aliphatic carbocycles. The van der Waals surface area contributed by atoms with Crippen LogP contribution in [0.5, 0.6) is 0 Å². The Hall–Kier alpha value is -0.910. The van der Waals surface area contributed by atoms with E-state index in [4.69, 9.17) is 4.74 Å². The Morgan fingerprint density at radius 1 is 1.30 bits per heavy atom. The van der Waals surface area contributed by atoms with Crippen molar-refractivity contribution in [3.8, 4) is 0 Å². The monoisotopic (exact) mass is 292 g/mol. The highest BCUT2D eigenvalue weighted by molar-refractivity contribution is 5.68. The molecule has 0 saturated carbocycles. The van der Waals surface area contributed by atoms with Crippen molar-refractivity contribution < 1.29 is 18.3 Å². The van der Waals surface area contributed by atoms with Crippen LogP contribution in [-0.4, -0.2) is 48.2 Å². The van der Waals surface area contributed by atoms with E-state index in [1.807, 2.05) is 20.8 Å². The Morgan fingerprint density at radius 3 is 2.50 bits per heavy atom. The van der Waals surface area contributed by atoms with Gasteiger partial charge in [-0.1, -0.05) is 0 Å². The molecule has 2 atom stereocenters. The van der Waals surface area contributed by atoms with Crippen LogP contribution in [0.2, 0.25) is 0 Å². The van der Waals surface area contributed by atoms with Gasteiger partial charge in [-0.2, -0.15) is 0 Å². The molecule has 1 aliphatic rings. The first-order valence-electron chi connectivity index (χ1n) is 7.21. The standard InChI is InChI=1S/C14H26F2N2O2/c1-10(12(15)16)17-11-6-5-8-18(9-7-11)13(19)20-14(2,3)4/h10-12,17H,5-9H2,1-4H3. The van der Waals surface area contributed by atoms with Crippen molar-refractivity contribution in [2.24, 2.45) is 0 Å². The quantitative estimate of drug-likeness (QED) is 0.869. The van der Waals surface area contributed by atoms with Gasteiger partial charge < -0.3 is 15.0 Å². The van der Waals surface area contributed by atoms with E-state index in [2.05, 4.69) is 5.32 Å². The van der Waals surface area contributed by atoms with E-state index in [1.54, 1.807) is 4.90 Å². The lowest BCUT2D eigenvalue weighted by Crippen LogP contribution is -2.42. The number of nitrogens with zero attached hydrogens (tertiary/aromatic N) is 1. The van der Waals surface area contributed by atoms with Crippen molar-refractivity contribution in [3.63, 3.8) is 0 Å². The zero-order valence-corrected chi connectivity index (χ0v) is 12.8. The Labute approximate surface area is 119 Å². The second-order valence-corrected chi connectivity index (χ2v) is 6.39. The minimum atomic E-state index is -2.36. The maximum Gasteiger partial charge on any atom is 0.410 e. The number of alkyl halides is 2. The Bertz CT molecular complexity index is 319. The van der Waals surface area contributed by atoms with Gasteiger partial charge in [-0.15, -0.1) is 0 Å². The van der Waals surface area contributed by atoms with Crippen LogP contribution < -0.4 is 5.32 Å². The fourth-order valence-electron chi connectivity index (χ4n) is 2.22. The first kappa shape index (κ1) is 17.1. The maximum absolute atomic E-state index is 12.5. The van der Waals surface area contributed by atoms with Crippen molar-refractivity contribution in [2.45, 2.75) is 71.1 Å². The molecule has 0 aromatic heterocycles. The molecule has 1 rings (SSSR count). The third kappa shape index (κ3) is 6.03. The molecule has 1 aliphatic heterocycles. The number of hydrogen-bond acceptors (Lipinski definition) is 3. The Kier molecular flexibility index (Phi) is 6.17. The van der Waals surface area contributed by atoms with E-state index in [0.717, 1.165) is 12.8 Å². The van der Waals surface area contributed by atoms with Crippen molar-refractivity contribution in [1.82, 2.24) is 10.2 Å². The van der Waals surface area contributed by atoms with Gasteiger partial charge in [-0.3, -0.25) is 0 Å². The summed E-state index contributed by atoms with van der Waals surface area (Å²) < 4.78 is 30.4. The Morgan fingerprint density at radius 2 is 1.95 bits per heavy atom. The average Bonchev–Trinajstić information content (AvgIpc) is 2.52. The molecule has 1 amide bonds. The molecule has 4 nitrogen and oxygen atoms in total. The van der Waals surface area contributed by atoms with Crippen molar-refractivity contribution in [3.05, 3.63) is 0 Å². The fourth-order valence-corrected chi connectivity index (χ4v) is 2.22. The predicted octanol–water partition coefficient (Wildman–Crippen LogP) is 3.02. The molecule has 0 bridgehead atoms. The van der Waals surface area contributed by atoms with Crippen LogP contribution in [-0.2, 0) is 4.74 Å². The van der Waals surface area contributed by atoms with Gasteiger partial charge in [-0.05, 0) is 47.0 Å². The number of nitrogens with one attached hydrogen (secondary N) is 1. The van der Waals surface area contributed by atoms with Crippen LogP contribution in [0.1, 0.15) is 47.0 Å². The topological polar surface area (TPSA) is 41.6 Å². The third-order valence-electron chi connectivity index (χ3n) is 3.26. The minimum absolute atomic E-state index is 0.0337. The smallest absolute Gasteiger partial charge is 0.410 e. The molecule has 2 unspecified atom stereocenters. The van der Waals surface area contributed by atoms with Gasteiger partial charge in [0.25, 0.3) is 6.43 Å². The summed E-state index contributed by atoms with van der Waals surface area (Å²) in [6.45, 7) is 8.14. The molecule has 0 radical (unpaired) electrons. The molecular formula is C14H26F2N2O2. The number of ether oxygens (including phenoxy) is 1. The summed E-state index contributed by atoms with van der Waals surface area (Å²) in [7, 11) is 0. The average molecular weight is 292 g/mol. The number of amides is 1. The number of likely N-dealkylation sites (tertiary alicyclic amines) is 1. The van der Waals surface area contributed by atoms with E-state index >= 15 is 0 Å². The van der Waals surface area contributed by atoms with Crippen molar-refractivity contribution >= 4 is 6.09 Å². The van der Waals surface area contributed by atoms with Crippen LogP contribution in [0.4, 0.5) is 13.6 Å². The summed E-state index contributed by atoms with van der Waals surface area (Å²) in [5, 5.41) is 2.94. The summed E-state index contributed by atoms with van der Waals surface area (Å²) in [6, 6.07) is -0.778. The van der Waals surface area contributed by atoms with E-state index < -0.39 is 18.1 Å². The highest BCUT2D eigenvalue weighted by Crippen LogP contribution is 2.16. The summed E-state index contributed by atoms with van der Waals surface area (Å²) in [5.74, 6) is 0. The molecule has 0 aromatic carbocycles. The fraction of sp³-hybridized carbons (Fsp3) is 0.929. The van der Waals surface area contributed by atoms with E-state index in [9.17, 15) is 13.6 Å². The summed E-state index contributed by atoms with van der Waals surface area (Å²) in [5.41, 5.74) is -0.509. The van der Waals surface area contributed by atoms with Gasteiger partial charge in [-0.25, -0.2) is 13.6 Å². The predicted molar refractivity (Wildman–Crippen MR) is 74.0 cm³/mol. The molecule has 6 heteroatoms. The lowest BCUT2D eigenvalue weighted by Gasteiger charge is -2.26. The molecule has 1 heterocycles. The summed E-state index contributed by atoms with van der Waals surface area (Å²) in [4.78, 5) is 13.6. The lowest BCUT2D eigenvalue weighted by atomic mass is 10.1. The van der Waals surface area contributed by atoms with E-state index in [0.29, 0.717) is 19.5 Å². The molecule has 1 N–H and O–H groups in total. The molecule has 118 valence electrons. The number of halogens is 2. The van der Waals surface area contributed by atoms with E-state index in [1.165, 1.54) is 6.92 Å². The summed E-state index contributed by atoms with van der Waals surface area (Å²) in [6.07, 6.45) is -0.403. The Balaban J connectivity index is 2.45. The maximum atomic E-state index is 12.5. The third-order valence-corrected chi connectivity index (χ3v) is 3.26. The van der Waals surface area contributed by atoms with Gasteiger partial charge in [0, 0.05) is 19.1 Å². The lowest BCUT2D eigenvalue weighted by molar-refractivity contribution is 0.0254. The molecule has 1 fully saturated rings. The highest BCUT2D eigenvalue weighted by atomic mass is 19.3. The second-order valence-electron chi connectivity index (χ2n) is 6.39. The van der Waals surface area contributed by atoms with Crippen molar-refractivity contribution in [2.75, 3.05) is 13.1 Å². The first-order chi connectivity index (χ1) is 9.19. The van der Waals surface area contributed by atoms with Crippen LogP contribution in [0.3, 0.4) is 0 Å². The molecule has 1 saturated heterocycles. The van der Waals surface area contributed by atoms with Gasteiger partial charge in [0.2, 0.25) is 0 Å². The molecule has 0 aromatic rings. The van der Waals surface area contributed by atoms with Crippen molar-refractivity contribution in [1.29, 1.82) is 0 Å². The number of hydrogen-bond donors (Lipinski definition) is 1. The van der Waals surface area contributed by atoms with Gasteiger partial charge in [0.05, 0.1) is 6.04 Å². The highest BCUT2D eigenvalue weighted by Gasteiger charge is 2.26. The van der Waals surface area contributed by atoms with E-state index in [-0.39, 0.29) is 12.1 Å². The number of carbonyl (C=O) groups excluding carboxylic acids is 1.